The molecule has 3 rings (SSSR count). The molecule has 1 saturated heterocycles. The number of sulfonamides is 1. The first-order chi connectivity index (χ1) is 19.6. The van der Waals surface area contributed by atoms with E-state index in [1.165, 1.54) is 30.5 Å². The van der Waals surface area contributed by atoms with Crippen molar-refractivity contribution in [1.29, 1.82) is 0 Å². The topological polar surface area (TPSA) is 131 Å². The summed E-state index contributed by atoms with van der Waals surface area (Å²) in [6, 6.07) is 14.5. The van der Waals surface area contributed by atoms with E-state index in [-0.39, 0.29) is 42.2 Å². The van der Waals surface area contributed by atoms with Gasteiger partial charge in [-0.05, 0) is 55.5 Å². The van der Waals surface area contributed by atoms with Crippen molar-refractivity contribution >= 4 is 21.9 Å². The summed E-state index contributed by atoms with van der Waals surface area (Å²) in [6.45, 7) is 4.12. The molecule has 0 aromatic heterocycles. The molecule has 41 heavy (non-hydrogen) atoms. The number of benzene rings is 2. The standard InChI is InChI=1S/C30H42N2O8S/c1-4-23(11-10-22(2)33)19-32(41(36,37)27-14-12-25(38-3)13-15-27)20-29(34)28(18-24-8-6-5-7-9-24)31-30(35)40-26-16-17-39-21-26/h5-9,12-15,23,26,28-29,34H,4,10-11,16-21H2,1-3H3,(H,31,35)/t23?,26-,28-,29-/m0/s1. The monoisotopic (exact) mass is 590 g/mol. The second-order valence-corrected chi connectivity index (χ2v) is 12.3. The van der Waals surface area contributed by atoms with Crippen molar-refractivity contribution in [2.45, 2.75) is 69.1 Å². The molecule has 0 aliphatic carbocycles. The molecule has 0 radical (unpaired) electrons. The molecular weight excluding hydrogens is 548 g/mol. The number of ether oxygens (including phenoxy) is 3. The van der Waals surface area contributed by atoms with Crippen molar-refractivity contribution in [3.05, 3.63) is 60.2 Å². The molecule has 1 heterocycles. The second kappa shape index (κ2) is 15.9. The van der Waals surface area contributed by atoms with Gasteiger partial charge >= 0.3 is 6.09 Å². The highest BCUT2D eigenvalue weighted by Gasteiger charge is 2.33. The number of nitrogens with zero attached hydrogens (tertiary/aromatic N) is 1. The Balaban J connectivity index is 1.86. The van der Waals surface area contributed by atoms with Crippen LogP contribution < -0.4 is 10.1 Å². The fourth-order valence-electron chi connectivity index (χ4n) is 4.72. The van der Waals surface area contributed by atoms with Gasteiger partial charge in [0.15, 0.2) is 0 Å². The summed E-state index contributed by atoms with van der Waals surface area (Å²) in [4.78, 5) is 24.5. The van der Waals surface area contributed by atoms with Gasteiger partial charge in [-0.2, -0.15) is 4.31 Å². The molecule has 2 aromatic rings. The van der Waals surface area contributed by atoms with Crippen LogP contribution in [0.3, 0.4) is 0 Å². The number of alkyl carbamates (subject to hydrolysis) is 1. The van der Waals surface area contributed by atoms with Gasteiger partial charge in [0.05, 0.1) is 37.4 Å². The molecule has 1 fully saturated rings. The Bertz CT molecular complexity index is 1200. The molecule has 0 bridgehead atoms. The third kappa shape index (κ3) is 10.1. The fourth-order valence-corrected chi connectivity index (χ4v) is 6.25. The lowest BCUT2D eigenvalue weighted by Crippen LogP contribution is -2.51. The van der Waals surface area contributed by atoms with E-state index in [1.807, 2.05) is 37.3 Å². The molecule has 1 amide bonds. The summed E-state index contributed by atoms with van der Waals surface area (Å²) in [5.74, 6) is 0.445. The fraction of sp³-hybridized carbons (Fsp3) is 0.533. The summed E-state index contributed by atoms with van der Waals surface area (Å²) in [6.07, 6.45) is 0.0355. The van der Waals surface area contributed by atoms with Gasteiger partial charge in [0.25, 0.3) is 0 Å². The zero-order valence-corrected chi connectivity index (χ0v) is 24.8. The van der Waals surface area contributed by atoms with Crippen LogP contribution in [0.15, 0.2) is 59.5 Å². The zero-order valence-electron chi connectivity index (χ0n) is 24.0. The lowest BCUT2D eigenvalue weighted by Gasteiger charge is -2.32. The number of carbonyl (C=O) groups excluding carboxylic acids is 2. The van der Waals surface area contributed by atoms with Crippen molar-refractivity contribution in [1.82, 2.24) is 9.62 Å². The van der Waals surface area contributed by atoms with Crippen LogP contribution >= 0.6 is 0 Å². The molecule has 2 N–H and O–H groups in total. The minimum atomic E-state index is -4.05. The number of ketones is 1. The maximum atomic E-state index is 13.9. The van der Waals surface area contributed by atoms with E-state index in [1.54, 1.807) is 12.1 Å². The van der Waals surface area contributed by atoms with E-state index in [4.69, 9.17) is 14.2 Å². The number of nitrogens with one attached hydrogen (secondary N) is 1. The van der Waals surface area contributed by atoms with Crippen LogP contribution in [-0.2, 0) is 30.7 Å². The number of rotatable bonds is 16. The van der Waals surface area contributed by atoms with Gasteiger partial charge in [0.2, 0.25) is 10.0 Å². The molecule has 1 unspecified atom stereocenters. The Morgan fingerprint density at radius 3 is 2.41 bits per heavy atom. The number of aliphatic hydroxyl groups is 1. The molecule has 0 saturated carbocycles. The first-order valence-electron chi connectivity index (χ1n) is 14.0. The quantitative estimate of drug-likeness (QED) is 0.303. The molecule has 1 aliphatic heterocycles. The lowest BCUT2D eigenvalue weighted by molar-refractivity contribution is -0.117. The maximum Gasteiger partial charge on any atom is 0.407 e. The van der Waals surface area contributed by atoms with Crippen LogP contribution in [0.1, 0.15) is 45.1 Å². The SMILES string of the molecule is CCC(CCC(C)=O)CN(C[C@H](O)[C@H](Cc1ccccc1)NC(=O)O[C@H]1CCOC1)S(=O)(=O)c1ccc(OC)cc1. The largest absolute Gasteiger partial charge is 0.497 e. The van der Waals surface area contributed by atoms with Crippen molar-refractivity contribution in [3.63, 3.8) is 0 Å². The number of Topliss-reactive ketones (excluding diaryl/α,β-unsaturated/α-hetero) is 1. The first kappa shape index (κ1) is 32.5. The number of amides is 1. The Hall–Kier alpha value is -2.99. The molecule has 11 heteroatoms. The van der Waals surface area contributed by atoms with E-state index >= 15 is 0 Å². The van der Waals surface area contributed by atoms with Crippen LogP contribution in [0.25, 0.3) is 0 Å². The van der Waals surface area contributed by atoms with E-state index in [0.717, 1.165) is 5.56 Å². The summed E-state index contributed by atoms with van der Waals surface area (Å²) >= 11 is 0. The zero-order chi connectivity index (χ0) is 29.8. The highest BCUT2D eigenvalue weighted by molar-refractivity contribution is 7.89. The van der Waals surface area contributed by atoms with Gasteiger partial charge in [0, 0.05) is 25.9 Å². The number of hydrogen-bond acceptors (Lipinski definition) is 8. The Morgan fingerprint density at radius 1 is 1.12 bits per heavy atom. The van der Waals surface area contributed by atoms with Crippen LogP contribution in [0.2, 0.25) is 0 Å². The summed E-state index contributed by atoms with van der Waals surface area (Å²) in [5.41, 5.74) is 0.860. The molecule has 0 spiro atoms. The average Bonchev–Trinajstić information content (AvgIpc) is 3.47. The molecule has 10 nitrogen and oxygen atoms in total. The summed E-state index contributed by atoms with van der Waals surface area (Å²) in [7, 11) is -2.55. The van der Waals surface area contributed by atoms with Crippen LogP contribution in [0.4, 0.5) is 4.79 Å². The van der Waals surface area contributed by atoms with Gasteiger partial charge in [-0.1, -0.05) is 43.7 Å². The predicted octanol–water partition coefficient (Wildman–Crippen LogP) is 3.57. The highest BCUT2D eigenvalue weighted by Crippen LogP contribution is 2.24. The number of carbonyl (C=O) groups is 2. The van der Waals surface area contributed by atoms with Gasteiger partial charge in [0.1, 0.15) is 17.6 Å². The highest BCUT2D eigenvalue weighted by atomic mass is 32.2. The maximum absolute atomic E-state index is 13.9. The Kier molecular flexibility index (Phi) is 12.6. The third-order valence-corrected chi connectivity index (χ3v) is 9.11. The van der Waals surface area contributed by atoms with E-state index in [2.05, 4.69) is 5.32 Å². The summed E-state index contributed by atoms with van der Waals surface area (Å²) < 4.78 is 44.9. The van der Waals surface area contributed by atoms with Crippen molar-refractivity contribution in [2.75, 3.05) is 33.4 Å². The van der Waals surface area contributed by atoms with E-state index < -0.39 is 28.3 Å². The minimum Gasteiger partial charge on any atom is -0.497 e. The van der Waals surface area contributed by atoms with E-state index in [0.29, 0.717) is 44.6 Å². The van der Waals surface area contributed by atoms with Gasteiger partial charge < -0.3 is 29.4 Å². The predicted molar refractivity (Wildman–Crippen MR) is 154 cm³/mol. The minimum absolute atomic E-state index is 0.0337. The van der Waals surface area contributed by atoms with Gasteiger partial charge in [-0.25, -0.2) is 13.2 Å². The van der Waals surface area contributed by atoms with Crippen molar-refractivity contribution in [2.24, 2.45) is 5.92 Å². The van der Waals surface area contributed by atoms with E-state index in [9.17, 15) is 23.1 Å². The van der Waals surface area contributed by atoms with Gasteiger partial charge in [-0.15, -0.1) is 0 Å². The van der Waals surface area contributed by atoms with Crippen LogP contribution in [-0.4, -0.2) is 81.4 Å². The number of aliphatic hydroxyl groups excluding tert-OH is 1. The Morgan fingerprint density at radius 2 is 1.83 bits per heavy atom. The smallest absolute Gasteiger partial charge is 0.407 e. The summed E-state index contributed by atoms with van der Waals surface area (Å²) in [5, 5.41) is 14.2. The number of methoxy groups -OCH3 is 1. The molecule has 1 aliphatic rings. The number of hydrogen-bond donors (Lipinski definition) is 2. The van der Waals surface area contributed by atoms with Crippen LogP contribution in [0.5, 0.6) is 5.75 Å². The second-order valence-electron chi connectivity index (χ2n) is 10.4. The van der Waals surface area contributed by atoms with Gasteiger partial charge in [-0.3, -0.25) is 0 Å². The first-order valence-corrected chi connectivity index (χ1v) is 15.5. The molecule has 4 atom stereocenters. The normalized spacial score (nSPS) is 17.5. The molecular formula is C30H42N2O8S. The lowest BCUT2D eigenvalue weighted by atomic mass is 9.98. The van der Waals surface area contributed by atoms with Crippen molar-refractivity contribution in [3.8, 4) is 5.75 Å². The average molecular weight is 591 g/mol. The third-order valence-electron chi connectivity index (χ3n) is 7.26. The molecule has 226 valence electrons. The van der Waals surface area contributed by atoms with Crippen LogP contribution in [0, 0.1) is 5.92 Å². The van der Waals surface area contributed by atoms with Crippen molar-refractivity contribution < 1.29 is 37.3 Å². The Labute approximate surface area is 243 Å². The molecule has 2 aromatic carbocycles.